The Morgan fingerprint density at radius 3 is 2.30 bits per heavy atom. The normalized spacial score (nSPS) is 15.7. The summed E-state index contributed by atoms with van der Waals surface area (Å²) >= 11 is 0. The average Bonchev–Trinajstić information content (AvgIpc) is 2.75. The second-order valence-electron chi connectivity index (χ2n) is 8.65. The molecular formula is C25H33N3O2. The summed E-state index contributed by atoms with van der Waals surface area (Å²) in [6, 6.07) is 15.5. The topological polar surface area (TPSA) is 61.4 Å². The van der Waals surface area contributed by atoms with Crippen LogP contribution in [-0.4, -0.2) is 24.9 Å². The first kappa shape index (κ1) is 21.9. The number of nitrogens with zero attached hydrogens (tertiary/aromatic N) is 1. The van der Waals surface area contributed by atoms with E-state index in [1.807, 2.05) is 63.2 Å². The fourth-order valence-corrected chi connectivity index (χ4v) is 3.71. The molecule has 0 spiro atoms. The van der Waals surface area contributed by atoms with Crippen molar-refractivity contribution in [2.24, 2.45) is 11.8 Å². The minimum atomic E-state index is -0.124. The van der Waals surface area contributed by atoms with E-state index in [0.29, 0.717) is 17.2 Å². The van der Waals surface area contributed by atoms with Gasteiger partial charge in [0, 0.05) is 30.4 Å². The Labute approximate surface area is 179 Å². The van der Waals surface area contributed by atoms with Crippen LogP contribution in [0.2, 0.25) is 0 Å². The van der Waals surface area contributed by atoms with Crippen molar-refractivity contribution in [1.82, 2.24) is 5.32 Å². The average molecular weight is 408 g/mol. The second-order valence-corrected chi connectivity index (χ2v) is 8.65. The molecule has 3 rings (SSSR count). The highest BCUT2D eigenvalue weighted by atomic mass is 16.2. The Morgan fingerprint density at radius 2 is 1.67 bits per heavy atom. The van der Waals surface area contributed by atoms with Gasteiger partial charge in [0.2, 0.25) is 5.91 Å². The molecule has 2 aromatic carbocycles. The molecule has 5 heteroatoms. The molecule has 160 valence electrons. The Bertz CT molecular complexity index is 871. The molecule has 0 unspecified atom stereocenters. The number of piperidine rings is 1. The van der Waals surface area contributed by atoms with Crippen LogP contribution in [0.4, 0.5) is 11.4 Å². The minimum absolute atomic E-state index is 0.0569. The molecule has 1 aliphatic rings. The molecule has 1 aliphatic heterocycles. The lowest BCUT2D eigenvalue weighted by Gasteiger charge is -2.33. The Kier molecular flexibility index (Phi) is 7.14. The fraction of sp³-hybridized carbons (Fsp3) is 0.440. The van der Waals surface area contributed by atoms with Gasteiger partial charge in [-0.25, -0.2) is 0 Å². The van der Waals surface area contributed by atoms with Gasteiger partial charge < -0.3 is 15.5 Å². The number of hydrogen-bond acceptors (Lipinski definition) is 3. The van der Waals surface area contributed by atoms with Crippen LogP contribution in [0.1, 0.15) is 62.5 Å². The molecule has 30 heavy (non-hydrogen) atoms. The summed E-state index contributed by atoms with van der Waals surface area (Å²) in [5, 5.41) is 6.05. The van der Waals surface area contributed by atoms with Crippen molar-refractivity contribution in [2.75, 3.05) is 23.3 Å². The smallest absolute Gasteiger partial charge is 0.253 e. The van der Waals surface area contributed by atoms with E-state index >= 15 is 0 Å². The van der Waals surface area contributed by atoms with Gasteiger partial charge in [-0.1, -0.05) is 51.1 Å². The molecule has 0 saturated carbocycles. The van der Waals surface area contributed by atoms with Crippen molar-refractivity contribution in [3.8, 4) is 0 Å². The molecule has 1 atom stereocenters. The van der Waals surface area contributed by atoms with Crippen molar-refractivity contribution >= 4 is 23.2 Å². The lowest BCUT2D eigenvalue weighted by Crippen LogP contribution is -2.35. The van der Waals surface area contributed by atoms with Gasteiger partial charge in [-0.05, 0) is 49.4 Å². The molecule has 0 aromatic heterocycles. The third-order valence-corrected chi connectivity index (χ3v) is 5.80. The standard InChI is InChI=1S/C25H33N3O2/c1-17(2)24(29)27-21-10-11-23(28-14-12-18(3)13-15-28)22(16-21)25(30)26-19(4)20-8-6-5-7-9-20/h5-11,16-19H,12-15H2,1-4H3,(H,26,30)(H,27,29)/t19-/m1/s1. The monoisotopic (exact) mass is 407 g/mol. The highest BCUT2D eigenvalue weighted by Crippen LogP contribution is 2.29. The number of carbonyl (C=O) groups is 2. The highest BCUT2D eigenvalue weighted by molar-refractivity contribution is 6.02. The SMILES string of the molecule is CC1CCN(c2ccc(NC(=O)C(C)C)cc2C(=O)N[C@H](C)c2ccccc2)CC1. The van der Waals surface area contributed by atoms with Crippen molar-refractivity contribution in [3.63, 3.8) is 0 Å². The number of benzene rings is 2. The maximum Gasteiger partial charge on any atom is 0.253 e. The zero-order chi connectivity index (χ0) is 21.7. The molecule has 1 heterocycles. The lowest BCUT2D eigenvalue weighted by atomic mass is 9.97. The first-order chi connectivity index (χ1) is 14.3. The van der Waals surface area contributed by atoms with Gasteiger partial charge >= 0.3 is 0 Å². The van der Waals surface area contributed by atoms with E-state index < -0.39 is 0 Å². The van der Waals surface area contributed by atoms with Gasteiger partial charge in [-0.2, -0.15) is 0 Å². The molecule has 0 aliphatic carbocycles. The molecule has 2 N–H and O–H groups in total. The van der Waals surface area contributed by atoms with Crippen LogP contribution < -0.4 is 15.5 Å². The molecule has 0 bridgehead atoms. The van der Waals surface area contributed by atoms with Crippen LogP contribution in [0, 0.1) is 11.8 Å². The summed E-state index contributed by atoms with van der Waals surface area (Å²) in [6.45, 7) is 9.85. The number of hydrogen-bond donors (Lipinski definition) is 2. The van der Waals surface area contributed by atoms with Gasteiger partial charge in [0.05, 0.1) is 11.6 Å². The van der Waals surface area contributed by atoms with Crippen molar-refractivity contribution in [1.29, 1.82) is 0 Å². The van der Waals surface area contributed by atoms with Crippen LogP contribution in [0.25, 0.3) is 0 Å². The zero-order valence-electron chi connectivity index (χ0n) is 18.4. The van der Waals surface area contributed by atoms with Gasteiger partial charge in [0.1, 0.15) is 0 Å². The number of rotatable bonds is 6. The zero-order valence-corrected chi connectivity index (χ0v) is 18.4. The molecule has 5 nitrogen and oxygen atoms in total. The lowest BCUT2D eigenvalue weighted by molar-refractivity contribution is -0.118. The second kappa shape index (κ2) is 9.79. The summed E-state index contributed by atoms with van der Waals surface area (Å²) in [7, 11) is 0. The molecule has 1 saturated heterocycles. The van der Waals surface area contributed by atoms with E-state index in [-0.39, 0.29) is 23.8 Å². The van der Waals surface area contributed by atoms with E-state index in [0.717, 1.165) is 37.2 Å². The van der Waals surface area contributed by atoms with Gasteiger partial charge in [0.25, 0.3) is 5.91 Å². The van der Waals surface area contributed by atoms with Gasteiger partial charge in [0.15, 0.2) is 0 Å². The fourth-order valence-electron chi connectivity index (χ4n) is 3.71. The van der Waals surface area contributed by atoms with E-state index in [1.54, 1.807) is 6.07 Å². The van der Waals surface area contributed by atoms with E-state index in [4.69, 9.17) is 0 Å². The highest BCUT2D eigenvalue weighted by Gasteiger charge is 2.23. The largest absolute Gasteiger partial charge is 0.371 e. The van der Waals surface area contributed by atoms with Crippen LogP contribution in [-0.2, 0) is 4.79 Å². The first-order valence-electron chi connectivity index (χ1n) is 10.9. The Balaban J connectivity index is 1.87. The van der Waals surface area contributed by atoms with Crippen molar-refractivity contribution in [2.45, 2.75) is 46.6 Å². The molecule has 1 fully saturated rings. The van der Waals surface area contributed by atoms with Gasteiger partial charge in [-0.3, -0.25) is 9.59 Å². The maximum atomic E-state index is 13.3. The van der Waals surface area contributed by atoms with Crippen LogP contribution in [0.3, 0.4) is 0 Å². The predicted molar refractivity (Wildman–Crippen MR) is 123 cm³/mol. The molecular weight excluding hydrogens is 374 g/mol. The van der Waals surface area contributed by atoms with Crippen molar-refractivity contribution < 1.29 is 9.59 Å². The van der Waals surface area contributed by atoms with Crippen LogP contribution in [0.15, 0.2) is 48.5 Å². The third kappa shape index (κ3) is 5.41. The van der Waals surface area contributed by atoms with E-state index in [9.17, 15) is 9.59 Å². The number of nitrogens with one attached hydrogen (secondary N) is 2. The summed E-state index contributed by atoms with van der Waals surface area (Å²) in [5.74, 6) is 0.407. The number of amides is 2. The molecule has 2 aromatic rings. The van der Waals surface area contributed by atoms with Gasteiger partial charge in [-0.15, -0.1) is 0 Å². The summed E-state index contributed by atoms with van der Waals surface area (Å²) in [4.78, 5) is 27.7. The van der Waals surface area contributed by atoms with E-state index in [2.05, 4.69) is 22.5 Å². The van der Waals surface area contributed by atoms with E-state index in [1.165, 1.54) is 0 Å². The van der Waals surface area contributed by atoms with Crippen molar-refractivity contribution in [3.05, 3.63) is 59.7 Å². The van der Waals surface area contributed by atoms with Crippen LogP contribution >= 0.6 is 0 Å². The quantitative estimate of drug-likeness (QED) is 0.708. The first-order valence-corrected chi connectivity index (χ1v) is 10.9. The van der Waals surface area contributed by atoms with Crippen LogP contribution in [0.5, 0.6) is 0 Å². The number of anilines is 2. The summed E-state index contributed by atoms with van der Waals surface area (Å²) < 4.78 is 0. The predicted octanol–water partition coefficient (Wildman–Crippen LogP) is 5.01. The minimum Gasteiger partial charge on any atom is -0.371 e. The number of carbonyl (C=O) groups excluding carboxylic acids is 2. The Morgan fingerprint density at radius 1 is 1.00 bits per heavy atom. The summed E-state index contributed by atoms with van der Waals surface area (Å²) in [6.07, 6.45) is 2.24. The molecule has 2 amide bonds. The molecule has 0 radical (unpaired) electrons. The third-order valence-electron chi connectivity index (χ3n) is 5.80. The Hall–Kier alpha value is -2.82. The summed E-state index contributed by atoms with van der Waals surface area (Å²) in [5.41, 5.74) is 3.25. The maximum absolute atomic E-state index is 13.3.